The summed E-state index contributed by atoms with van der Waals surface area (Å²) in [7, 11) is 0. The van der Waals surface area contributed by atoms with Crippen molar-refractivity contribution in [3.63, 3.8) is 0 Å². The van der Waals surface area contributed by atoms with E-state index in [9.17, 15) is 19.5 Å². The summed E-state index contributed by atoms with van der Waals surface area (Å²) in [5.41, 5.74) is -0.838. The van der Waals surface area contributed by atoms with Crippen LogP contribution in [-0.2, 0) is 25.5 Å². The van der Waals surface area contributed by atoms with E-state index in [2.05, 4.69) is 26.2 Å². The van der Waals surface area contributed by atoms with Crippen molar-refractivity contribution >= 4 is 45.2 Å². The van der Waals surface area contributed by atoms with Gasteiger partial charge in [0.25, 0.3) is 0 Å². The number of carbonyl (C=O) groups excluding carboxylic acids is 2. The lowest BCUT2D eigenvalue weighted by atomic mass is 9.90. The Balaban J connectivity index is 2.47. The van der Waals surface area contributed by atoms with E-state index in [-0.39, 0.29) is 12.8 Å². The number of nitrogens with one attached hydrogen (secondary N) is 2. The number of rotatable bonds is 8. The van der Waals surface area contributed by atoms with Crippen LogP contribution in [-0.4, -0.2) is 40.1 Å². The molecule has 0 saturated carbocycles. The lowest BCUT2D eigenvalue weighted by Crippen LogP contribution is -2.60. The average Bonchev–Trinajstić information content (AvgIpc) is 2.98. The predicted molar refractivity (Wildman–Crippen MR) is 95.1 cm³/mol. The molecule has 0 spiro atoms. The predicted octanol–water partition coefficient (Wildman–Crippen LogP) is 2.38. The van der Waals surface area contributed by atoms with Crippen molar-refractivity contribution < 1.29 is 24.2 Å². The highest BCUT2D eigenvalue weighted by Gasteiger charge is 2.49. The largest absolute Gasteiger partial charge is 0.479 e. The Morgan fingerprint density at radius 1 is 1.48 bits per heavy atom. The molecular formula is C17H19BrN2O5. The van der Waals surface area contributed by atoms with Crippen molar-refractivity contribution in [2.75, 3.05) is 0 Å². The number of fused-ring (bicyclic) bond motifs is 1. The Morgan fingerprint density at radius 3 is 2.80 bits per heavy atom. The van der Waals surface area contributed by atoms with E-state index < -0.39 is 23.6 Å². The summed E-state index contributed by atoms with van der Waals surface area (Å²) >= 11 is 3.41. The molecule has 2 atom stereocenters. The Kier molecular flexibility index (Phi) is 5.84. The fourth-order valence-corrected chi connectivity index (χ4v) is 2.96. The zero-order chi connectivity index (χ0) is 18.6. The van der Waals surface area contributed by atoms with Crippen LogP contribution in [0.25, 0.3) is 10.9 Å². The highest BCUT2D eigenvalue weighted by molar-refractivity contribution is 9.10. The number of hydrogen-bond donors (Lipinski definition) is 3. The van der Waals surface area contributed by atoms with Gasteiger partial charge in [-0.05, 0) is 40.9 Å². The third-order valence-electron chi connectivity index (χ3n) is 4.11. The van der Waals surface area contributed by atoms with E-state index in [0.717, 1.165) is 15.4 Å². The second-order valence-corrected chi connectivity index (χ2v) is 6.60. The molecule has 1 aromatic carbocycles. The maximum absolute atomic E-state index is 12.6. The number of ether oxygens (including phenoxy) is 1. The van der Waals surface area contributed by atoms with Crippen LogP contribution in [0.3, 0.4) is 0 Å². The number of carbonyl (C=O) groups is 3. The summed E-state index contributed by atoms with van der Waals surface area (Å²) in [6.07, 6.45) is 1.65. The van der Waals surface area contributed by atoms with Crippen LogP contribution in [0.2, 0.25) is 0 Å². The van der Waals surface area contributed by atoms with Crippen LogP contribution < -0.4 is 5.32 Å². The molecule has 2 unspecified atom stereocenters. The monoisotopic (exact) mass is 410 g/mol. The smallest absolute Gasteiger partial charge is 0.344 e. The van der Waals surface area contributed by atoms with Crippen LogP contribution in [0, 0.1) is 0 Å². The second kappa shape index (κ2) is 7.69. The first-order valence-corrected chi connectivity index (χ1v) is 8.55. The van der Waals surface area contributed by atoms with Gasteiger partial charge in [-0.15, -0.1) is 0 Å². The van der Waals surface area contributed by atoms with Crippen molar-refractivity contribution in [1.82, 2.24) is 10.3 Å². The number of carboxylic acids is 1. The summed E-state index contributed by atoms with van der Waals surface area (Å²) in [6.45, 7) is 3.47. The van der Waals surface area contributed by atoms with E-state index in [1.165, 1.54) is 0 Å². The molecule has 0 fully saturated rings. The molecule has 134 valence electrons. The van der Waals surface area contributed by atoms with E-state index in [4.69, 9.17) is 4.74 Å². The third-order valence-corrected chi connectivity index (χ3v) is 4.77. The Labute approximate surface area is 152 Å². The van der Waals surface area contributed by atoms with Crippen molar-refractivity contribution in [2.45, 2.75) is 38.3 Å². The van der Waals surface area contributed by atoms with Gasteiger partial charge in [0.15, 0.2) is 0 Å². The maximum Gasteiger partial charge on any atom is 0.344 e. The number of amides is 1. The molecule has 2 rings (SSSR count). The van der Waals surface area contributed by atoms with Crippen LogP contribution in [0.5, 0.6) is 0 Å². The molecule has 0 radical (unpaired) electrons. The van der Waals surface area contributed by atoms with Gasteiger partial charge < -0.3 is 20.1 Å². The summed E-state index contributed by atoms with van der Waals surface area (Å²) in [4.78, 5) is 38.5. The van der Waals surface area contributed by atoms with Gasteiger partial charge in [0.05, 0.1) is 11.6 Å². The first-order valence-electron chi connectivity index (χ1n) is 7.76. The van der Waals surface area contributed by atoms with Crippen LogP contribution >= 0.6 is 15.9 Å². The molecule has 1 aromatic heterocycles. The number of aromatic amines is 1. The van der Waals surface area contributed by atoms with Gasteiger partial charge in [0, 0.05) is 22.5 Å². The van der Waals surface area contributed by atoms with E-state index in [0.29, 0.717) is 12.0 Å². The third kappa shape index (κ3) is 3.68. The molecule has 0 aliphatic rings. The molecule has 0 bridgehead atoms. The molecule has 7 nitrogen and oxygen atoms in total. The quantitative estimate of drug-likeness (QED) is 0.351. The van der Waals surface area contributed by atoms with Gasteiger partial charge in [0.1, 0.15) is 0 Å². The highest BCUT2D eigenvalue weighted by Crippen LogP contribution is 2.28. The molecular weight excluding hydrogens is 392 g/mol. The molecule has 0 aliphatic heterocycles. The number of para-hydroxylation sites is 1. The molecule has 0 saturated heterocycles. The van der Waals surface area contributed by atoms with Crippen LogP contribution in [0.15, 0.2) is 28.9 Å². The molecule has 3 N–H and O–H groups in total. The number of halogens is 1. The fraction of sp³-hybridized carbons (Fsp3) is 0.353. The summed E-state index contributed by atoms with van der Waals surface area (Å²) in [6, 6.07) is 5.45. The zero-order valence-electron chi connectivity index (χ0n) is 13.8. The van der Waals surface area contributed by atoms with Crippen LogP contribution in [0.1, 0.15) is 25.8 Å². The number of esters is 1. The lowest BCUT2D eigenvalue weighted by molar-refractivity contribution is -0.167. The normalized spacial score (nSPS) is 14.5. The fourth-order valence-electron chi connectivity index (χ4n) is 2.48. The van der Waals surface area contributed by atoms with Gasteiger partial charge in [-0.2, -0.15) is 0 Å². The molecule has 8 heteroatoms. The SMILES string of the molecule is CCC(C)OC(=O)C(Cc1c[nH]c2c(Br)cccc12)(NC=O)C(=O)O. The maximum atomic E-state index is 12.6. The van der Waals surface area contributed by atoms with Gasteiger partial charge in [-0.1, -0.05) is 19.1 Å². The molecule has 1 amide bonds. The number of aliphatic carboxylic acids is 1. The van der Waals surface area contributed by atoms with Crippen molar-refractivity contribution in [3.8, 4) is 0 Å². The number of carboxylic acid groups (broad SMARTS) is 1. The molecule has 25 heavy (non-hydrogen) atoms. The van der Waals surface area contributed by atoms with Crippen molar-refractivity contribution in [3.05, 3.63) is 34.4 Å². The lowest BCUT2D eigenvalue weighted by Gasteiger charge is -2.28. The van der Waals surface area contributed by atoms with E-state index in [1.54, 1.807) is 25.3 Å². The first kappa shape index (κ1) is 19.0. The van der Waals surface area contributed by atoms with Crippen molar-refractivity contribution in [1.29, 1.82) is 0 Å². The minimum Gasteiger partial charge on any atom is -0.479 e. The Bertz CT molecular complexity index is 803. The molecule has 2 aromatic rings. The Morgan fingerprint density at radius 2 is 2.20 bits per heavy atom. The number of aromatic nitrogens is 1. The summed E-state index contributed by atoms with van der Waals surface area (Å²) in [5.74, 6) is -2.47. The first-order chi connectivity index (χ1) is 11.9. The molecule has 0 aliphatic carbocycles. The minimum absolute atomic E-state index is 0.205. The number of benzene rings is 1. The Hall–Kier alpha value is -2.35. The van der Waals surface area contributed by atoms with Gasteiger partial charge in [0.2, 0.25) is 11.9 Å². The highest BCUT2D eigenvalue weighted by atomic mass is 79.9. The van der Waals surface area contributed by atoms with Crippen molar-refractivity contribution in [2.24, 2.45) is 0 Å². The summed E-state index contributed by atoms with van der Waals surface area (Å²) in [5, 5.41) is 12.6. The zero-order valence-corrected chi connectivity index (χ0v) is 15.4. The van der Waals surface area contributed by atoms with E-state index in [1.807, 2.05) is 13.0 Å². The van der Waals surface area contributed by atoms with Gasteiger partial charge >= 0.3 is 11.9 Å². The molecule has 1 heterocycles. The average molecular weight is 411 g/mol. The standard InChI is InChI=1S/C17H19BrN2O5/c1-3-10(2)25-16(24)17(15(22)23,20-9-21)7-11-8-19-14-12(11)5-4-6-13(14)18/h4-6,8-10,19H,3,7H2,1-2H3,(H,20,21)(H,22,23). The summed E-state index contributed by atoms with van der Waals surface area (Å²) < 4.78 is 6.01. The topological polar surface area (TPSA) is 108 Å². The van der Waals surface area contributed by atoms with Gasteiger partial charge in [-0.25, -0.2) is 9.59 Å². The second-order valence-electron chi connectivity index (χ2n) is 5.75. The van der Waals surface area contributed by atoms with Crippen LogP contribution in [0.4, 0.5) is 0 Å². The van der Waals surface area contributed by atoms with E-state index >= 15 is 0 Å². The number of H-pyrrole nitrogens is 1. The van der Waals surface area contributed by atoms with Gasteiger partial charge in [-0.3, -0.25) is 4.79 Å². The minimum atomic E-state index is -2.19. The number of hydrogen-bond acceptors (Lipinski definition) is 4.